The van der Waals surface area contributed by atoms with Crippen molar-refractivity contribution in [3.63, 3.8) is 0 Å². The van der Waals surface area contributed by atoms with Gasteiger partial charge in [0.1, 0.15) is 5.75 Å². The Balaban J connectivity index is 1.44. The molecular formula is C29H34ClFN4O. The Labute approximate surface area is 217 Å². The van der Waals surface area contributed by atoms with Gasteiger partial charge < -0.3 is 25.3 Å². The van der Waals surface area contributed by atoms with Crippen molar-refractivity contribution in [3.05, 3.63) is 89.1 Å². The number of nitrogens with two attached hydrogens (primary N) is 1. The maximum Gasteiger partial charge on any atom is 0.228 e. The van der Waals surface area contributed by atoms with Gasteiger partial charge in [-0.15, -0.1) is 0 Å². The summed E-state index contributed by atoms with van der Waals surface area (Å²) in [5, 5.41) is 5.57. The Morgan fingerprint density at radius 2 is 1.89 bits per heavy atom. The first-order valence-electron chi connectivity index (χ1n) is 12.3. The highest BCUT2D eigenvalue weighted by Crippen LogP contribution is 2.33. The molecule has 1 heterocycles. The fraction of sp³-hybridized carbons (Fsp3) is 0.310. The maximum absolute atomic E-state index is 12.5. The van der Waals surface area contributed by atoms with Crippen LogP contribution in [-0.2, 0) is 19.6 Å². The Bertz CT molecular complexity index is 1260. The van der Waals surface area contributed by atoms with Gasteiger partial charge in [-0.2, -0.15) is 0 Å². The lowest BCUT2D eigenvalue weighted by Gasteiger charge is -2.18. The zero-order chi connectivity index (χ0) is 25.3. The number of ether oxygens (including phenoxy) is 1. The summed E-state index contributed by atoms with van der Waals surface area (Å²) in [6, 6.07) is 22.2. The van der Waals surface area contributed by atoms with Gasteiger partial charge in [0.05, 0.1) is 0 Å². The zero-order valence-electron chi connectivity index (χ0n) is 20.7. The summed E-state index contributed by atoms with van der Waals surface area (Å²) in [5.74, 6) is 0.525. The van der Waals surface area contributed by atoms with Crippen LogP contribution in [0.1, 0.15) is 17.5 Å². The molecule has 0 atom stereocenters. The van der Waals surface area contributed by atoms with E-state index in [1.807, 2.05) is 42.5 Å². The normalized spacial score (nSPS) is 11.5. The van der Waals surface area contributed by atoms with Gasteiger partial charge in [0, 0.05) is 60.4 Å². The van der Waals surface area contributed by atoms with E-state index in [0.29, 0.717) is 12.3 Å². The fourth-order valence-corrected chi connectivity index (χ4v) is 4.62. The third kappa shape index (κ3) is 6.65. The molecule has 0 aliphatic rings. The summed E-state index contributed by atoms with van der Waals surface area (Å²) in [6.07, 6.45) is 3.10. The van der Waals surface area contributed by atoms with Gasteiger partial charge in [-0.1, -0.05) is 48.0 Å². The molecule has 0 saturated heterocycles. The zero-order valence-corrected chi connectivity index (χ0v) is 21.5. The Morgan fingerprint density at radius 1 is 1.08 bits per heavy atom. The topological polar surface area (TPSA) is 55.5 Å². The lowest BCUT2D eigenvalue weighted by atomic mass is 10.0. The number of aryl methyl sites for hydroxylation is 1. The van der Waals surface area contributed by atoms with Gasteiger partial charge >= 0.3 is 0 Å². The van der Waals surface area contributed by atoms with E-state index < -0.39 is 6.86 Å². The van der Waals surface area contributed by atoms with Crippen molar-refractivity contribution in [1.29, 1.82) is 0 Å². The molecule has 5 nitrogen and oxygen atoms in total. The molecule has 0 aliphatic heterocycles. The molecule has 0 bridgehead atoms. The number of nitrogens with one attached hydrogen (secondary N) is 1. The standard InChI is InChI=1S/C29H34ClFN4O/c1-34(19-24-5-2-3-6-28(24)30)16-14-33-18-22-7-12-29-26(17-22)27(20-35(29)15-4-13-32)23-8-10-25(11-9-23)36-21-31/h2-3,5-12,17,20,33H,4,13-16,18-19,21,32H2,1H3. The maximum atomic E-state index is 12.5. The van der Waals surface area contributed by atoms with Crippen LogP contribution in [0, 0.1) is 0 Å². The Kier molecular flexibility index (Phi) is 9.36. The van der Waals surface area contributed by atoms with Crippen molar-refractivity contribution in [1.82, 2.24) is 14.8 Å². The molecule has 0 aliphatic carbocycles. The molecule has 0 fully saturated rings. The summed E-state index contributed by atoms with van der Waals surface area (Å²) >= 11 is 6.29. The van der Waals surface area contributed by atoms with E-state index in [0.717, 1.165) is 60.9 Å². The van der Waals surface area contributed by atoms with Crippen molar-refractivity contribution < 1.29 is 9.13 Å². The van der Waals surface area contributed by atoms with Gasteiger partial charge in [0.25, 0.3) is 0 Å². The highest BCUT2D eigenvalue weighted by molar-refractivity contribution is 6.31. The number of aromatic nitrogens is 1. The predicted molar refractivity (Wildman–Crippen MR) is 147 cm³/mol. The number of hydrogen-bond donors (Lipinski definition) is 2. The quantitative estimate of drug-likeness (QED) is 0.223. The molecule has 3 aromatic carbocycles. The number of benzene rings is 3. The summed E-state index contributed by atoms with van der Waals surface area (Å²) in [7, 11) is 2.11. The van der Waals surface area contributed by atoms with Crippen molar-refractivity contribution in [2.45, 2.75) is 26.1 Å². The van der Waals surface area contributed by atoms with Crippen LogP contribution in [0.4, 0.5) is 4.39 Å². The number of alkyl halides is 1. The van der Waals surface area contributed by atoms with Gasteiger partial charge in [-0.05, 0) is 67.0 Å². The Hall–Kier alpha value is -2.90. The number of nitrogens with zero attached hydrogens (tertiary/aromatic N) is 2. The van der Waals surface area contributed by atoms with Gasteiger partial charge in [0.15, 0.2) is 0 Å². The molecule has 0 saturated carbocycles. The molecule has 0 radical (unpaired) electrons. The van der Waals surface area contributed by atoms with E-state index in [1.165, 1.54) is 16.5 Å². The lowest BCUT2D eigenvalue weighted by molar-refractivity contribution is 0.192. The fourth-order valence-electron chi connectivity index (χ4n) is 4.42. The van der Waals surface area contributed by atoms with Crippen LogP contribution in [0.3, 0.4) is 0 Å². The number of halogens is 2. The minimum atomic E-state index is -0.829. The molecule has 3 N–H and O–H groups in total. The smallest absolute Gasteiger partial charge is 0.228 e. The first-order chi connectivity index (χ1) is 17.6. The second-order valence-corrected chi connectivity index (χ2v) is 9.42. The predicted octanol–water partition coefficient (Wildman–Crippen LogP) is 5.84. The minimum Gasteiger partial charge on any atom is -0.463 e. The molecule has 4 rings (SSSR count). The van der Waals surface area contributed by atoms with Crippen LogP contribution in [0.15, 0.2) is 72.9 Å². The molecule has 36 heavy (non-hydrogen) atoms. The van der Waals surface area contributed by atoms with E-state index in [9.17, 15) is 4.39 Å². The van der Waals surface area contributed by atoms with Crippen molar-refractivity contribution in [3.8, 4) is 16.9 Å². The first kappa shape index (κ1) is 26.2. The third-order valence-corrected chi connectivity index (χ3v) is 6.70. The summed E-state index contributed by atoms with van der Waals surface area (Å²) in [4.78, 5) is 2.27. The van der Waals surface area contributed by atoms with E-state index in [1.54, 1.807) is 0 Å². The summed E-state index contributed by atoms with van der Waals surface area (Å²) < 4.78 is 19.7. The average Bonchev–Trinajstić information content (AvgIpc) is 3.25. The van der Waals surface area contributed by atoms with E-state index >= 15 is 0 Å². The van der Waals surface area contributed by atoms with Gasteiger partial charge in [0.2, 0.25) is 6.86 Å². The van der Waals surface area contributed by atoms with Crippen molar-refractivity contribution in [2.24, 2.45) is 5.73 Å². The largest absolute Gasteiger partial charge is 0.463 e. The van der Waals surface area contributed by atoms with Gasteiger partial charge in [-0.3, -0.25) is 0 Å². The monoisotopic (exact) mass is 508 g/mol. The van der Waals surface area contributed by atoms with E-state index in [2.05, 4.69) is 52.3 Å². The molecule has 190 valence electrons. The average molecular weight is 509 g/mol. The number of fused-ring (bicyclic) bond motifs is 1. The van der Waals surface area contributed by atoms with Crippen LogP contribution < -0.4 is 15.8 Å². The second-order valence-electron chi connectivity index (χ2n) is 9.01. The van der Waals surface area contributed by atoms with Crippen LogP contribution in [0.5, 0.6) is 5.75 Å². The molecule has 0 amide bonds. The summed E-state index contributed by atoms with van der Waals surface area (Å²) in [5.41, 5.74) is 11.5. The van der Waals surface area contributed by atoms with Crippen LogP contribution in [0.25, 0.3) is 22.0 Å². The molecule has 0 unspecified atom stereocenters. The first-order valence-corrected chi connectivity index (χ1v) is 12.7. The molecular weight excluding hydrogens is 475 g/mol. The highest BCUT2D eigenvalue weighted by Gasteiger charge is 2.12. The Morgan fingerprint density at radius 3 is 2.64 bits per heavy atom. The van der Waals surface area contributed by atoms with Crippen molar-refractivity contribution >= 4 is 22.5 Å². The summed E-state index contributed by atoms with van der Waals surface area (Å²) in [6.45, 7) is 4.09. The number of likely N-dealkylation sites (N-methyl/N-ethyl adjacent to an activating group) is 1. The van der Waals surface area contributed by atoms with Crippen molar-refractivity contribution in [2.75, 3.05) is 33.5 Å². The van der Waals surface area contributed by atoms with Gasteiger partial charge in [-0.25, -0.2) is 4.39 Å². The van der Waals surface area contributed by atoms with E-state index in [4.69, 9.17) is 22.1 Å². The van der Waals surface area contributed by atoms with E-state index in [-0.39, 0.29) is 0 Å². The van der Waals surface area contributed by atoms with Crippen LogP contribution in [0.2, 0.25) is 5.02 Å². The minimum absolute atomic E-state index is 0.525. The third-order valence-electron chi connectivity index (χ3n) is 6.33. The SMILES string of the molecule is CN(CCNCc1ccc2c(c1)c(-c1ccc(OCF)cc1)cn2CCCN)Cc1ccccc1Cl. The lowest BCUT2D eigenvalue weighted by Crippen LogP contribution is -2.28. The highest BCUT2D eigenvalue weighted by atomic mass is 35.5. The number of hydrogen-bond acceptors (Lipinski definition) is 4. The molecule has 7 heteroatoms. The second kappa shape index (κ2) is 12.9. The van der Waals surface area contributed by atoms with Crippen LogP contribution >= 0.6 is 11.6 Å². The molecule has 1 aromatic heterocycles. The van der Waals surface area contributed by atoms with Crippen LogP contribution in [-0.4, -0.2) is 43.0 Å². The molecule has 0 spiro atoms. The number of rotatable bonds is 13. The molecule has 4 aromatic rings.